The quantitative estimate of drug-likeness (QED) is 0.579. The van der Waals surface area contributed by atoms with Gasteiger partial charge in [0, 0.05) is 25.6 Å². The van der Waals surface area contributed by atoms with Crippen molar-refractivity contribution in [3.8, 4) is 11.8 Å². The van der Waals surface area contributed by atoms with Crippen LogP contribution in [0, 0.1) is 33.3 Å². The van der Waals surface area contributed by atoms with Gasteiger partial charge in [0.1, 0.15) is 11.2 Å². The van der Waals surface area contributed by atoms with Crippen molar-refractivity contribution in [1.82, 2.24) is 9.80 Å². The van der Waals surface area contributed by atoms with Crippen LogP contribution in [0.15, 0.2) is 29.4 Å². The molecule has 1 amide bonds. The molecule has 0 aromatic heterocycles. The van der Waals surface area contributed by atoms with Crippen LogP contribution in [0.5, 0.6) is 5.75 Å². The first-order chi connectivity index (χ1) is 13.0. The molecule has 0 spiro atoms. The van der Waals surface area contributed by atoms with Crippen molar-refractivity contribution >= 4 is 12.1 Å². The number of hydrazone groups is 1. The van der Waals surface area contributed by atoms with Gasteiger partial charge in [-0.15, -0.1) is 0 Å². The lowest BCUT2D eigenvalue weighted by Crippen LogP contribution is -2.42. The smallest absolute Gasteiger partial charge is 0.408 e. The van der Waals surface area contributed by atoms with Crippen molar-refractivity contribution in [2.45, 2.75) is 6.92 Å². The monoisotopic (exact) mass is 373 g/mol. The minimum atomic E-state index is -0.828. The van der Waals surface area contributed by atoms with Gasteiger partial charge in [0.2, 0.25) is 0 Å². The van der Waals surface area contributed by atoms with Gasteiger partial charge in [0.05, 0.1) is 18.7 Å². The lowest BCUT2D eigenvalue weighted by Gasteiger charge is -2.23. The maximum Gasteiger partial charge on any atom is 0.422 e. The zero-order valence-electron chi connectivity index (χ0n) is 14.8. The van der Waals surface area contributed by atoms with Crippen LogP contribution >= 0.6 is 0 Å². The second-order valence-electron chi connectivity index (χ2n) is 6.49. The fourth-order valence-electron chi connectivity index (χ4n) is 3.15. The van der Waals surface area contributed by atoms with E-state index in [4.69, 9.17) is 14.7 Å². The average Bonchev–Trinajstić information content (AvgIpc) is 3.22. The van der Waals surface area contributed by atoms with Crippen molar-refractivity contribution in [1.29, 1.82) is 5.26 Å². The highest BCUT2D eigenvalue weighted by molar-refractivity contribution is 5.96. The number of hydrogen-bond acceptors (Lipinski definition) is 6. The van der Waals surface area contributed by atoms with E-state index < -0.39 is 11.1 Å². The Morgan fingerprint density at radius 1 is 1.44 bits per heavy atom. The summed E-state index contributed by atoms with van der Waals surface area (Å²) in [6, 6.07) is 8.23. The number of hydrogen-bond donors (Lipinski definition) is 0. The molecule has 0 radical (unpaired) electrons. The summed E-state index contributed by atoms with van der Waals surface area (Å²) in [6.45, 7) is 4.41. The number of carbonyl (C=O) groups is 1. The van der Waals surface area contributed by atoms with Crippen LogP contribution in [0.25, 0.3) is 0 Å². The Bertz CT molecular complexity index is 805. The fraction of sp³-hybridized carbons (Fsp3) is 0.471. The van der Waals surface area contributed by atoms with Gasteiger partial charge >= 0.3 is 6.09 Å². The summed E-state index contributed by atoms with van der Waals surface area (Å²) in [5, 5.41) is 22.6. The molecule has 2 heterocycles. The predicted molar refractivity (Wildman–Crippen MR) is 93.4 cm³/mol. The van der Waals surface area contributed by atoms with E-state index in [1.54, 1.807) is 17.0 Å². The summed E-state index contributed by atoms with van der Waals surface area (Å²) in [7, 11) is 0. The molecule has 142 valence electrons. The standard InChI is InChI=1S/C17H19N5O5/c1-12-10-26-11-14(12)9-20-6-7-21(16(20)19-22(24)25)17(23)27-15-5-3-2-4-13(15)8-18/h2-5,12,14H,6-7,9-11H2,1H3. The molecule has 1 aromatic carbocycles. The molecule has 10 heteroatoms. The van der Waals surface area contributed by atoms with E-state index in [1.165, 1.54) is 12.1 Å². The van der Waals surface area contributed by atoms with E-state index in [0.717, 1.165) is 4.90 Å². The third-order valence-electron chi connectivity index (χ3n) is 4.69. The zero-order valence-corrected chi connectivity index (χ0v) is 14.8. The topological polar surface area (TPSA) is 121 Å². The van der Waals surface area contributed by atoms with Gasteiger partial charge in [-0.3, -0.25) is 0 Å². The molecule has 0 bridgehead atoms. The minimum absolute atomic E-state index is 0.0569. The molecule has 3 rings (SSSR count). The third kappa shape index (κ3) is 4.15. The molecular formula is C17H19N5O5. The predicted octanol–water partition coefficient (Wildman–Crippen LogP) is 1.50. The Kier molecular flexibility index (Phi) is 5.52. The molecule has 2 aliphatic heterocycles. The van der Waals surface area contributed by atoms with Crippen LogP contribution in [0.1, 0.15) is 12.5 Å². The molecule has 2 saturated heterocycles. The number of amides is 1. The molecule has 0 N–H and O–H groups in total. The van der Waals surface area contributed by atoms with Crippen molar-refractivity contribution in [2.24, 2.45) is 16.9 Å². The van der Waals surface area contributed by atoms with E-state index in [1.807, 2.05) is 6.07 Å². The van der Waals surface area contributed by atoms with E-state index in [0.29, 0.717) is 32.2 Å². The molecule has 2 unspecified atom stereocenters. The molecule has 0 aliphatic carbocycles. The first kappa shape index (κ1) is 18.6. The number of guanidine groups is 1. The maximum atomic E-state index is 12.6. The third-order valence-corrected chi connectivity index (χ3v) is 4.69. The molecule has 27 heavy (non-hydrogen) atoms. The summed E-state index contributed by atoms with van der Waals surface area (Å²) in [5.74, 6) is 0.572. The Morgan fingerprint density at radius 2 is 2.22 bits per heavy atom. The first-order valence-electron chi connectivity index (χ1n) is 8.53. The maximum absolute atomic E-state index is 12.6. The van der Waals surface area contributed by atoms with Crippen molar-refractivity contribution in [2.75, 3.05) is 32.8 Å². The Labute approximate surface area is 155 Å². The van der Waals surface area contributed by atoms with Gasteiger partial charge < -0.3 is 14.4 Å². The lowest BCUT2D eigenvalue weighted by molar-refractivity contribution is -0.486. The number of nitriles is 1. The van der Waals surface area contributed by atoms with E-state index in [2.05, 4.69) is 12.0 Å². The molecule has 0 saturated carbocycles. The zero-order chi connectivity index (χ0) is 19.4. The van der Waals surface area contributed by atoms with Crippen LogP contribution in [0.4, 0.5) is 4.79 Å². The van der Waals surface area contributed by atoms with Gasteiger partial charge in [-0.25, -0.2) is 19.8 Å². The van der Waals surface area contributed by atoms with Gasteiger partial charge in [-0.1, -0.05) is 19.1 Å². The number of ether oxygens (including phenoxy) is 2. The van der Waals surface area contributed by atoms with Gasteiger partial charge in [-0.05, 0) is 18.1 Å². The molecular weight excluding hydrogens is 354 g/mol. The number of carbonyl (C=O) groups excluding carboxylic acids is 1. The number of nitrogens with zero attached hydrogens (tertiary/aromatic N) is 5. The minimum Gasteiger partial charge on any atom is -0.408 e. The Balaban J connectivity index is 1.76. The van der Waals surface area contributed by atoms with Crippen LogP contribution < -0.4 is 4.74 Å². The summed E-state index contributed by atoms with van der Waals surface area (Å²) in [5.41, 5.74) is 0.201. The highest BCUT2D eigenvalue weighted by Crippen LogP contribution is 2.24. The van der Waals surface area contributed by atoms with Crippen molar-refractivity contribution < 1.29 is 19.3 Å². The van der Waals surface area contributed by atoms with Gasteiger partial charge in [0.15, 0.2) is 10.8 Å². The van der Waals surface area contributed by atoms with E-state index >= 15 is 0 Å². The highest BCUT2D eigenvalue weighted by atomic mass is 16.7. The average molecular weight is 373 g/mol. The van der Waals surface area contributed by atoms with Gasteiger partial charge in [-0.2, -0.15) is 5.26 Å². The first-order valence-corrected chi connectivity index (χ1v) is 8.53. The Morgan fingerprint density at radius 3 is 2.89 bits per heavy atom. The summed E-state index contributed by atoms with van der Waals surface area (Å²) in [4.78, 5) is 26.4. The van der Waals surface area contributed by atoms with Gasteiger partial charge in [0.25, 0.3) is 5.96 Å². The normalized spacial score (nSPS) is 23.5. The molecule has 1 aromatic rings. The molecule has 2 aliphatic rings. The molecule has 2 fully saturated rings. The van der Waals surface area contributed by atoms with Crippen molar-refractivity contribution in [3.05, 3.63) is 39.9 Å². The van der Waals surface area contributed by atoms with Crippen LogP contribution in [0.2, 0.25) is 0 Å². The second-order valence-corrected chi connectivity index (χ2v) is 6.49. The number of nitro groups is 1. The van der Waals surface area contributed by atoms with E-state index in [9.17, 15) is 14.9 Å². The number of benzene rings is 1. The fourth-order valence-corrected chi connectivity index (χ4v) is 3.15. The number of para-hydroxylation sites is 1. The lowest BCUT2D eigenvalue weighted by atomic mass is 9.98. The SMILES string of the molecule is CC1COCC1CN1CCN(C(=O)Oc2ccccc2C#N)C1=N[N+](=O)[O-]. The van der Waals surface area contributed by atoms with Crippen LogP contribution in [-0.4, -0.2) is 59.7 Å². The summed E-state index contributed by atoms with van der Waals surface area (Å²) in [6.07, 6.45) is -0.809. The van der Waals surface area contributed by atoms with Crippen LogP contribution in [0.3, 0.4) is 0 Å². The molecule has 2 atom stereocenters. The van der Waals surface area contributed by atoms with E-state index in [-0.39, 0.29) is 29.7 Å². The molecule has 10 nitrogen and oxygen atoms in total. The van der Waals surface area contributed by atoms with Crippen LogP contribution in [-0.2, 0) is 4.74 Å². The number of rotatable bonds is 4. The van der Waals surface area contributed by atoms with Crippen molar-refractivity contribution in [3.63, 3.8) is 0 Å². The second kappa shape index (κ2) is 8.01. The summed E-state index contributed by atoms with van der Waals surface area (Å²) >= 11 is 0. The summed E-state index contributed by atoms with van der Waals surface area (Å²) < 4.78 is 10.7. The Hall–Kier alpha value is -3.19. The largest absolute Gasteiger partial charge is 0.422 e. The highest BCUT2D eigenvalue weighted by Gasteiger charge is 2.38.